The van der Waals surface area contributed by atoms with Gasteiger partial charge in [-0.25, -0.2) is 0 Å². The zero-order valence-corrected chi connectivity index (χ0v) is 9.06. The second-order valence-electron chi connectivity index (χ2n) is 2.37. The summed E-state index contributed by atoms with van der Waals surface area (Å²) in [7, 11) is 0. The smallest absolute Gasteiger partial charge is 0.0883 e. The van der Waals surface area contributed by atoms with Gasteiger partial charge in [-0.05, 0) is 22.0 Å². The molecule has 1 atom stereocenters. The fraction of sp³-hybridized carbons (Fsp3) is 0.429. The number of rotatable bonds is 1. The molecular weight excluding hydrogens is 242 g/mol. The molecule has 2 heterocycles. The van der Waals surface area contributed by atoms with Gasteiger partial charge < -0.3 is 5.32 Å². The van der Waals surface area contributed by atoms with Crippen LogP contribution in [0.5, 0.6) is 0 Å². The van der Waals surface area contributed by atoms with E-state index in [1.165, 1.54) is 15.1 Å². The Hall–Kier alpha value is 0.490. The third kappa shape index (κ3) is 1.80. The van der Waals surface area contributed by atoms with Gasteiger partial charge in [0.2, 0.25) is 0 Å². The minimum Gasteiger partial charge on any atom is -0.300 e. The van der Waals surface area contributed by atoms with Gasteiger partial charge in [0.1, 0.15) is 0 Å². The average molecular weight is 250 g/mol. The van der Waals surface area contributed by atoms with Crippen molar-refractivity contribution >= 4 is 39.0 Å². The lowest BCUT2D eigenvalue weighted by atomic mass is 10.4. The molecule has 1 N–H and O–H groups in total. The van der Waals surface area contributed by atoms with Crippen molar-refractivity contribution in [2.24, 2.45) is 0 Å². The van der Waals surface area contributed by atoms with E-state index >= 15 is 0 Å². The van der Waals surface area contributed by atoms with Crippen molar-refractivity contribution in [3.05, 3.63) is 20.8 Å². The van der Waals surface area contributed by atoms with Crippen molar-refractivity contribution in [2.45, 2.75) is 5.37 Å². The molecule has 1 aromatic rings. The third-order valence-electron chi connectivity index (χ3n) is 1.56. The molecule has 0 bridgehead atoms. The maximum absolute atomic E-state index is 3.45. The highest BCUT2D eigenvalue weighted by atomic mass is 79.9. The number of thioether (sulfide) groups is 1. The van der Waals surface area contributed by atoms with Gasteiger partial charge in [-0.15, -0.1) is 23.1 Å². The predicted octanol–water partition coefficient (Wildman–Crippen LogP) is 2.85. The standard InChI is InChI=1S/C7H8BrNS2/c8-5-3-6(11-4-5)7-9-1-2-10-7/h3-4,7,9H,1-2H2/t7-/m1/s1. The summed E-state index contributed by atoms with van der Waals surface area (Å²) in [6.07, 6.45) is 0. The molecule has 0 aliphatic carbocycles. The number of hydrogen-bond acceptors (Lipinski definition) is 3. The molecule has 0 amide bonds. The average Bonchev–Trinajstić information content (AvgIpc) is 2.55. The van der Waals surface area contributed by atoms with E-state index in [-0.39, 0.29) is 0 Å². The Morgan fingerprint density at radius 1 is 1.64 bits per heavy atom. The van der Waals surface area contributed by atoms with Crippen LogP contribution in [0.25, 0.3) is 0 Å². The monoisotopic (exact) mass is 249 g/mol. The molecule has 4 heteroatoms. The lowest BCUT2D eigenvalue weighted by Gasteiger charge is -2.04. The molecule has 1 aliphatic rings. The molecule has 2 rings (SSSR count). The molecule has 1 saturated heterocycles. The molecule has 60 valence electrons. The summed E-state index contributed by atoms with van der Waals surface area (Å²) >= 11 is 7.26. The van der Waals surface area contributed by atoms with Crippen LogP contribution in [0.2, 0.25) is 0 Å². The Morgan fingerprint density at radius 2 is 2.55 bits per heavy atom. The van der Waals surface area contributed by atoms with Crippen LogP contribution in [0, 0.1) is 0 Å². The minimum absolute atomic E-state index is 0.548. The first-order valence-electron chi connectivity index (χ1n) is 3.45. The van der Waals surface area contributed by atoms with Crippen LogP contribution >= 0.6 is 39.0 Å². The van der Waals surface area contributed by atoms with Crippen LogP contribution in [-0.4, -0.2) is 12.3 Å². The summed E-state index contributed by atoms with van der Waals surface area (Å²) in [6.45, 7) is 1.14. The molecular formula is C7H8BrNS2. The summed E-state index contributed by atoms with van der Waals surface area (Å²) < 4.78 is 1.20. The van der Waals surface area contributed by atoms with E-state index < -0.39 is 0 Å². The lowest BCUT2D eigenvalue weighted by Crippen LogP contribution is -2.10. The van der Waals surface area contributed by atoms with E-state index in [9.17, 15) is 0 Å². The van der Waals surface area contributed by atoms with Crippen molar-refractivity contribution in [1.82, 2.24) is 5.32 Å². The Balaban J connectivity index is 2.15. The molecule has 1 nitrogen and oxygen atoms in total. The second kappa shape index (κ2) is 3.47. The first-order valence-corrected chi connectivity index (χ1v) is 6.17. The molecule has 0 spiro atoms. The molecule has 0 saturated carbocycles. The van der Waals surface area contributed by atoms with Crippen molar-refractivity contribution in [1.29, 1.82) is 0 Å². The first kappa shape index (κ1) is 8.10. The number of thiophene rings is 1. The molecule has 0 unspecified atom stereocenters. The summed E-state index contributed by atoms with van der Waals surface area (Å²) in [5.41, 5.74) is 0. The van der Waals surface area contributed by atoms with E-state index in [1.807, 2.05) is 23.1 Å². The van der Waals surface area contributed by atoms with Crippen molar-refractivity contribution < 1.29 is 0 Å². The topological polar surface area (TPSA) is 12.0 Å². The van der Waals surface area contributed by atoms with Crippen LogP contribution in [0.1, 0.15) is 10.3 Å². The van der Waals surface area contributed by atoms with E-state index in [2.05, 4.69) is 32.7 Å². The summed E-state index contributed by atoms with van der Waals surface area (Å²) in [5.74, 6) is 1.24. The number of nitrogens with one attached hydrogen (secondary N) is 1. The minimum atomic E-state index is 0.548. The van der Waals surface area contributed by atoms with E-state index in [4.69, 9.17) is 0 Å². The maximum atomic E-state index is 3.45. The van der Waals surface area contributed by atoms with Crippen LogP contribution in [-0.2, 0) is 0 Å². The van der Waals surface area contributed by atoms with Crippen molar-refractivity contribution in [3.63, 3.8) is 0 Å². The van der Waals surface area contributed by atoms with Gasteiger partial charge in [0.05, 0.1) is 5.37 Å². The van der Waals surface area contributed by atoms with E-state index in [0.717, 1.165) is 6.54 Å². The summed E-state index contributed by atoms with van der Waals surface area (Å²) in [4.78, 5) is 1.43. The number of halogens is 1. The normalized spacial score (nSPS) is 24.3. The van der Waals surface area contributed by atoms with Gasteiger partial charge in [-0.2, -0.15) is 0 Å². The Labute approximate surface area is 82.7 Å². The summed E-state index contributed by atoms with van der Waals surface area (Å²) in [5, 5.41) is 6.12. The van der Waals surface area contributed by atoms with Crippen LogP contribution < -0.4 is 5.32 Å². The number of hydrogen-bond donors (Lipinski definition) is 1. The third-order valence-corrected chi connectivity index (χ3v) is 4.66. The van der Waals surface area contributed by atoms with E-state index in [0.29, 0.717) is 5.37 Å². The lowest BCUT2D eigenvalue weighted by molar-refractivity contribution is 0.761. The molecule has 0 radical (unpaired) electrons. The molecule has 11 heavy (non-hydrogen) atoms. The quantitative estimate of drug-likeness (QED) is 0.822. The fourth-order valence-electron chi connectivity index (χ4n) is 1.07. The van der Waals surface area contributed by atoms with Gasteiger partial charge in [-0.1, -0.05) is 0 Å². The van der Waals surface area contributed by atoms with Gasteiger partial charge >= 0.3 is 0 Å². The second-order valence-corrected chi connectivity index (χ2v) is 5.44. The predicted molar refractivity (Wildman–Crippen MR) is 55.2 cm³/mol. The fourth-order valence-corrected chi connectivity index (χ4v) is 3.78. The zero-order chi connectivity index (χ0) is 7.68. The van der Waals surface area contributed by atoms with E-state index in [1.54, 1.807) is 0 Å². The molecule has 1 aromatic heterocycles. The molecule has 0 aromatic carbocycles. The summed E-state index contributed by atoms with van der Waals surface area (Å²) in [6, 6.07) is 2.20. The van der Waals surface area contributed by atoms with Gasteiger partial charge in [0, 0.05) is 27.0 Å². The zero-order valence-electron chi connectivity index (χ0n) is 5.84. The Morgan fingerprint density at radius 3 is 3.09 bits per heavy atom. The highest BCUT2D eigenvalue weighted by molar-refractivity contribution is 9.10. The van der Waals surface area contributed by atoms with Crippen LogP contribution in [0.3, 0.4) is 0 Å². The van der Waals surface area contributed by atoms with Crippen molar-refractivity contribution in [3.8, 4) is 0 Å². The van der Waals surface area contributed by atoms with Crippen molar-refractivity contribution in [2.75, 3.05) is 12.3 Å². The van der Waals surface area contributed by atoms with Gasteiger partial charge in [0.15, 0.2) is 0 Å². The first-order chi connectivity index (χ1) is 5.36. The van der Waals surface area contributed by atoms with Crippen LogP contribution in [0.15, 0.2) is 15.9 Å². The van der Waals surface area contributed by atoms with Gasteiger partial charge in [-0.3, -0.25) is 0 Å². The van der Waals surface area contributed by atoms with Gasteiger partial charge in [0.25, 0.3) is 0 Å². The molecule has 1 fully saturated rings. The Kier molecular flexibility index (Phi) is 2.56. The Bertz CT molecular complexity index is 242. The molecule has 1 aliphatic heterocycles. The maximum Gasteiger partial charge on any atom is 0.0883 e. The SMILES string of the molecule is Brc1csc([C@@H]2NCCS2)c1. The highest BCUT2D eigenvalue weighted by Gasteiger charge is 2.17. The van der Waals surface area contributed by atoms with Crippen LogP contribution in [0.4, 0.5) is 0 Å². The largest absolute Gasteiger partial charge is 0.300 e. The highest BCUT2D eigenvalue weighted by Crippen LogP contribution is 2.34.